The smallest absolute Gasteiger partial charge is 0.137 e. The molecule has 4 nitrogen and oxygen atoms in total. The molecule has 0 saturated heterocycles. The molecular weight excluding hydrogens is 250 g/mol. The molecule has 2 N–H and O–H groups in total. The Balaban J connectivity index is 1.50. The summed E-state index contributed by atoms with van der Waals surface area (Å²) in [6.07, 6.45) is 3.66. The van der Waals surface area contributed by atoms with Crippen molar-refractivity contribution in [2.75, 3.05) is 13.2 Å². The van der Waals surface area contributed by atoms with E-state index < -0.39 is 0 Å². The Bertz CT molecular complexity index is 575. The van der Waals surface area contributed by atoms with Crippen LogP contribution >= 0.6 is 0 Å². The fourth-order valence-corrected chi connectivity index (χ4v) is 2.56. The lowest BCUT2D eigenvalue weighted by Gasteiger charge is -2.09. The largest absolute Gasteiger partial charge is 0.493 e. The molecule has 4 heteroatoms. The summed E-state index contributed by atoms with van der Waals surface area (Å²) in [5.74, 6) is 2.71. The van der Waals surface area contributed by atoms with E-state index in [1.54, 1.807) is 0 Å². The van der Waals surface area contributed by atoms with Crippen LogP contribution in [0.2, 0.25) is 0 Å². The number of fused-ring (bicyclic) bond motifs is 1. The summed E-state index contributed by atoms with van der Waals surface area (Å²) in [7, 11) is 0. The molecule has 0 bridgehead atoms. The van der Waals surface area contributed by atoms with Gasteiger partial charge in [0.1, 0.15) is 11.6 Å². The van der Waals surface area contributed by atoms with Crippen molar-refractivity contribution < 1.29 is 4.74 Å². The van der Waals surface area contributed by atoms with Gasteiger partial charge in [-0.1, -0.05) is 0 Å². The lowest BCUT2D eigenvalue weighted by molar-refractivity contribution is 0.300. The minimum Gasteiger partial charge on any atom is -0.493 e. The molecule has 1 fully saturated rings. The van der Waals surface area contributed by atoms with Crippen molar-refractivity contribution in [2.24, 2.45) is 5.92 Å². The Morgan fingerprint density at radius 2 is 2.05 bits per heavy atom. The number of aromatic amines is 1. The first-order chi connectivity index (χ1) is 9.88. The van der Waals surface area contributed by atoms with E-state index >= 15 is 0 Å². The normalized spacial score (nSPS) is 17.8. The molecule has 1 aromatic heterocycles. The average Bonchev–Trinajstić information content (AvgIpc) is 3.22. The summed E-state index contributed by atoms with van der Waals surface area (Å²) < 4.78 is 5.76. The lowest BCUT2D eigenvalue weighted by atomic mass is 10.2. The number of hydrogen-bond donors (Lipinski definition) is 2. The van der Waals surface area contributed by atoms with Gasteiger partial charge in [0.05, 0.1) is 18.0 Å². The number of benzene rings is 1. The predicted octanol–water partition coefficient (Wildman–Crippen LogP) is 2.51. The van der Waals surface area contributed by atoms with Gasteiger partial charge in [-0.05, 0) is 43.0 Å². The molecule has 2 aromatic rings. The van der Waals surface area contributed by atoms with Crippen molar-refractivity contribution in [1.82, 2.24) is 15.3 Å². The maximum absolute atomic E-state index is 5.76. The molecule has 0 radical (unpaired) electrons. The maximum Gasteiger partial charge on any atom is 0.137 e. The van der Waals surface area contributed by atoms with Gasteiger partial charge >= 0.3 is 0 Å². The number of H-pyrrole nitrogens is 1. The minimum absolute atomic E-state index is 0.791. The highest BCUT2D eigenvalue weighted by molar-refractivity contribution is 5.57. The van der Waals surface area contributed by atoms with Gasteiger partial charge in [0.2, 0.25) is 0 Å². The van der Waals surface area contributed by atoms with E-state index in [-0.39, 0.29) is 0 Å². The highest BCUT2D eigenvalue weighted by Gasteiger charge is 2.21. The Morgan fingerprint density at radius 3 is 2.80 bits per heavy atom. The Labute approximate surface area is 118 Å². The monoisotopic (exact) mass is 269 g/mol. The standard InChI is InChI=1S/C16H19N3O/c1-2-11(1)10-20-13-5-3-12(4-6-13)16-18-14-7-8-17-9-15(14)19-16/h3-6,11,17H,1-2,7-10H2,(H,18,19). The second-order valence-electron chi connectivity index (χ2n) is 5.72. The van der Waals surface area contributed by atoms with Crippen LogP contribution in [0.15, 0.2) is 24.3 Å². The number of rotatable bonds is 4. The summed E-state index contributed by atoms with van der Waals surface area (Å²) in [5, 5.41) is 3.36. The fraction of sp³-hybridized carbons (Fsp3) is 0.438. The van der Waals surface area contributed by atoms with Gasteiger partial charge < -0.3 is 15.0 Å². The topological polar surface area (TPSA) is 49.9 Å². The van der Waals surface area contributed by atoms with E-state index in [4.69, 9.17) is 9.72 Å². The molecule has 4 rings (SSSR count). The predicted molar refractivity (Wildman–Crippen MR) is 77.7 cm³/mol. The average molecular weight is 269 g/mol. The second kappa shape index (κ2) is 4.94. The number of hydrogen-bond acceptors (Lipinski definition) is 3. The van der Waals surface area contributed by atoms with Gasteiger partial charge in [-0.25, -0.2) is 4.98 Å². The molecule has 1 saturated carbocycles. The van der Waals surface area contributed by atoms with Crippen LogP contribution < -0.4 is 10.1 Å². The Hall–Kier alpha value is -1.81. The fourth-order valence-electron chi connectivity index (χ4n) is 2.56. The highest BCUT2D eigenvalue weighted by atomic mass is 16.5. The summed E-state index contributed by atoms with van der Waals surface area (Å²) >= 11 is 0. The van der Waals surface area contributed by atoms with E-state index in [2.05, 4.69) is 22.4 Å². The van der Waals surface area contributed by atoms with Crippen LogP contribution in [0.5, 0.6) is 5.75 Å². The molecule has 0 atom stereocenters. The molecule has 0 spiro atoms. The van der Waals surface area contributed by atoms with Crippen molar-refractivity contribution in [2.45, 2.75) is 25.8 Å². The Kier molecular flexibility index (Phi) is 2.96. The molecule has 1 aliphatic carbocycles. The second-order valence-corrected chi connectivity index (χ2v) is 5.72. The molecular formula is C16H19N3O. The van der Waals surface area contributed by atoms with Crippen LogP contribution in [-0.2, 0) is 13.0 Å². The van der Waals surface area contributed by atoms with E-state index in [9.17, 15) is 0 Å². The van der Waals surface area contributed by atoms with E-state index in [0.29, 0.717) is 0 Å². The van der Waals surface area contributed by atoms with Crippen LogP contribution in [0, 0.1) is 5.92 Å². The number of nitrogens with one attached hydrogen (secondary N) is 2. The third kappa shape index (κ3) is 2.43. The van der Waals surface area contributed by atoms with Gasteiger partial charge in [-0.2, -0.15) is 0 Å². The first kappa shape index (κ1) is 12.0. The first-order valence-electron chi connectivity index (χ1n) is 7.40. The quantitative estimate of drug-likeness (QED) is 0.896. The van der Waals surface area contributed by atoms with Crippen LogP contribution in [0.1, 0.15) is 24.2 Å². The van der Waals surface area contributed by atoms with E-state index in [0.717, 1.165) is 49.2 Å². The van der Waals surface area contributed by atoms with Crippen LogP contribution in [0.25, 0.3) is 11.4 Å². The summed E-state index contributed by atoms with van der Waals surface area (Å²) in [5.41, 5.74) is 3.55. The zero-order valence-corrected chi connectivity index (χ0v) is 11.5. The lowest BCUT2D eigenvalue weighted by Crippen LogP contribution is -2.23. The zero-order valence-electron chi connectivity index (χ0n) is 11.5. The van der Waals surface area contributed by atoms with Crippen LogP contribution in [0.4, 0.5) is 0 Å². The molecule has 1 aliphatic heterocycles. The third-order valence-electron chi connectivity index (χ3n) is 4.02. The zero-order chi connectivity index (χ0) is 13.4. The SMILES string of the molecule is c1cc(-c2nc3c([nH]2)CNCC3)ccc1OCC1CC1. The van der Waals surface area contributed by atoms with Crippen molar-refractivity contribution >= 4 is 0 Å². The van der Waals surface area contributed by atoms with Gasteiger partial charge in [0.25, 0.3) is 0 Å². The molecule has 0 unspecified atom stereocenters. The maximum atomic E-state index is 5.76. The number of ether oxygens (including phenoxy) is 1. The van der Waals surface area contributed by atoms with Gasteiger partial charge in [-0.15, -0.1) is 0 Å². The third-order valence-corrected chi connectivity index (χ3v) is 4.02. The Morgan fingerprint density at radius 1 is 1.20 bits per heavy atom. The molecule has 1 aromatic carbocycles. The van der Waals surface area contributed by atoms with Crippen molar-refractivity contribution in [1.29, 1.82) is 0 Å². The highest BCUT2D eigenvalue weighted by Crippen LogP contribution is 2.30. The van der Waals surface area contributed by atoms with E-state index in [1.165, 1.54) is 24.2 Å². The molecule has 20 heavy (non-hydrogen) atoms. The molecule has 2 aliphatic rings. The summed E-state index contributed by atoms with van der Waals surface area (Å²) in [6.45, 7) is 2.77. The van der Waals surface area contributed by atoms with Crippen molar-refractivity contribution in [3.05, 3.63) is 35.7 Å². The molecule has 0 amide bonds. The van der Waals surface area contributed by atoms with E-state index in [1.807, 2.05) is 12.1 Å². The molecule has 104 valence electrons. The minimum atomic E-state index is 0.791. The summed E-state index contributed by atoms with van der Waals surface area (Å²) in [6, 6.07) is 8.24. The van der Waals surface area contributed by atoms with Crippen molar-refractivity contribution in [3.8, 4) is 17.1 Å². The van der Waals surface area contributed by atoms with Gasteiger partial charge in [-0.3, -0.25) is 0 Å². The van der Waals surface area contributed by atoms with Crippen LogP contribution in [-0.4, -0.2) is 23.1 Å². The summed E-state index contributed by atoms with van der Waals surface area (Å²) in [4.78, 5) is 8.11. The van der Waals surface area contributed by atoms with Crippen LogP contribution in [0.3, 0.4) is 0 Å². The van der Waals surface area contributed by atoms with Gasteiger partial charge in [0, 0.05) is 25.1 Å². The number of imidazole rings is 1. The first-order valence-corrected chi connectivity index (χ1v) is 7.40. The van der Waals surface area contributed by atoms with Gasteiger partial charge in [0.15, 0.2) is 0 Å². The molecule has 2 heterocycles. The number of nitrogens with zero attached hydrogens (tertiary/aromatic N) is 1. The van der Waals surface area contributed by atoms with Crippen molar-refractivity contribution in [3.63, 3.8) is 0 Å². The number of aromatic nitrogens is 2.